The van der Waals surface area contributed by atoms with Crippen LogP contribution in [0.5, 0.6) is 11.5 Å². The molecule has 0 amide bonds. The maximum Gasteiger partial charge on any atom is 0.338 e. The highest BCUT2D eigenvalue weighted by Gasteiger charge is 2.33. The molecule has 2 aromatic carbocycles. The zero-order valence-corrected chi connectivity index (χ0v) is 24.0. The number of methoxy groups -OCH3 is 2. The molecule has 10 heteroatoms. The van der Waals surface area contributed by atoms with Gasteiger partial charge in [0.15, 0.2) is 4.80 Å². The van der Waals surface area contributed by atoms with Crippen molar-refractivity contribution < 1.29 is 19.0 Å². The molecule has 1 atom stereocenters. The summed E-state index contributed by atoms with van der Waals surface area (Å²) < 4.78 is 19.8. The van der Waals surface area contributed by atoms with Crippen LogP contribution in [0.25, 0.3) is 6.08 Å². The number of rotatable bonds is 6. The van der Waals surface area contributed by atoms with Gasteiger partial charge in [-0.25, -0.2) is 9.79 Å². The Bertz CT molecular complexity index is 1530. The van der Waals surface area contributed by atoms with Crippen LogP contribution in [-0.2, 0) is 9.53 Å². The number of fused-ring (bicyclic) bond motifs is 1. The summed E-state index contributed by atoms with van der Waals surface area (Å²) in [5, 5.41) is 0. The Kier molecular flexibility index (Phi) is 7.82. The molecule has 0 spiro atoms. The van der Waals surface area contributed by atoms with Gasteiger partial charge in [-0.05, 0) is 93.8 Å². The predicted molar refractivity (Wildman–Crippen MR) is 147 cm³/mol. The van der Waals surface area contributed by atoms with E-state index in [0.29, 0.717) is 30.8 Å². The minimum Gasteiger partial charge on any atom is -0.496 e. The number of hydrogen-bond donors (Lipinski definition) is 0. The van der Waals surface area contributed by atoms with Crippen LogP contribution in [0.3, 0.4) is 0 Å². The molecule has 0 aliphatic carbocycles. The highest BCUT2D eigenvalue weighted by Crippen LogP contribution is 2.35. The van der Waals surface area contributed by atoms with Crippen molar-refractivity contribution in [2.75, 3.05) is 20.8 Å². The Morgan fingerprint density at radius 2 is 1.91 bits per heavy atom. The van der Waals surface area contributed by atoms with Crippen molar-refractivity contribution in [3.05, 3.63) is 86.5 Å². The van der Waals surface area contributed by atoms with Crippen LogP contribution in [-0.4, -0.2) is 31.4 Å². The monoisotopic (exact) mass is 668 g/mol. The molecular weight excluding hydrogens is 647 g/mol. The van der Waals surface area contributed by atoms with E-state index in [1.807, 2.05) is 36.4 Å². The van der Waals surface area contributed by atoms with Crippen molar-refractivity contribution in [3.8, 4) is 11.5 Å². The molecule has 1 aliphatic rings. The minimum absolute atomic E-state index is 0.217. The van der Waals surface area contributed by atoms with Gasteiger partial charge in [0, 0.05) is 0 Å². The lowest BCUT2D eigenvalue weighted by Gasteiger charge is -2.25. The van der Waals surface area contributed by atoms with Crippen molar-refractivity contribution in [3.63, 3.8) is 0 Å². The average molecular weight is 669 g/mol. The van der Waals surface area contributed by atoms with Crippen molar-refractivity contribution in [1.82, 2.24) is 4.57 Å². The summed E-state index contributed by atoms with van der Waals surface area (Å²) >= 11 is 7.00. The van der Waals surface area contributed by atoms with E-state index < -0.39 is 12.0 Å². The normalized spacial score (nSPS) is 15.5. The number of thiazole rings is 1. The molecule has 2 heterocycles. The van der Waals surface area contributed by atoms with Gasteiger partial charge in [0.2, 0.25) is 0 Å². The van der Waals surface area contributed by atoms with E-state index in [1.165, 1.54) is 11.3 Å². The van der Waals surface area contributed by atoms with Gasteiger partial charge in [0.1, 0.15) is 11.5 Å². The summed E-state index contributed by atoms with van der Waals surface area (Å²) in [4.78, 5) is 31.8. The molecule has 182 valence electrons. The molecule has 0 radical (unpaired) electrons. The molecule has 0 bridgehead atoms. The summed E-state index contributed by atoms with van der Waals surface area (Å²) in [6.07, 6.45) is 1.83. The van der Waals surface area contributed by atoms with Gasteiger partial charge in [-0.3, -0.25) is 9.36 Å². The topological polar surface area (TPSA) is 79.1 Å². The molecule has 0 fully saturated rings. The summed E-state index contributed by atoms with van der Waals surface area (Å²) in [6, 6.07) is 10.5. The Morgan fingerprint density at radius 3 is 2.54 bits per heavy atom. The predicted octanol–water partition coefficient (Wildman–Crippen LogP) is 4.18. The molecule has 0 unspecified atom stereocenters. The fourth-order valence-corrected chi connectivity index (χ4v) is 6.25. The average Bonchev–Trinajstić information content (AvgIpc) is 3.12. The molecule has 0 N–H and O–H groups in total. The molecule has 7 nitrogen and oxygen atoms in total. The molecule has 1 aliphatic heterocycles. The van der Waals surface area contributed by atoms with E-state index in [4.69, 9.17) is 14.2 Å². The fraction of sp³-hybridized carbons (Fsp3) is 0.240. The van der Waals surface area contributed by atoms with Crippen LogP contribution in [0.1, 0.15) is 31.0 Å². The minimum atomic E-state index is -0.689. The van der Waals surface area contributed by atoms with E-state index in [-0.39, 0.29) is 12.2 Å². The van der Waals surface area contributed by atoms with Crippen molar-refractivity contribution >= 4 is 61.9 Å². The summed E-state index contributed by atoms with van der Waals surface area (Å²) in [7, 11) is 3.20. The first-order valence-corrected chi connectivity index (χ1v) is 13.3. The number of carbonyl (C=O) groups is 1. The van der Waals surface area contributed by atoms with Crippen LogP contribution < -0.4 is 24.4 Å². The van der Waals surface area contributed by atoms with Gasteiger partial charge in [0.05, 0.1) is 50.7 Å². The Morgan fingerprint density at radius 1 is 1.20 bits per heavy atom. The van der Waals surface area contributed by atoms with E-state index in [0.717, 1.165) is 20.4 Å². The van der Waals surface area contributed by atoms with Gasteiger partial charge in [-0.2, -0.15) is 0 Å². The summed E-state index contributed by atoms with van der Waals surface area (Å²) in [5.74, 6) is 0.919. The molecular formula is C25H22BrIN2O5S. The first-order valence-electron chi connectivity index (χ1n) is 10.7. The second-order valence-electron chi connectivity index (χ2n) is 7.59. The SMILES string of the molecule is CCOC(=O)C1=C(C)N=c2s/c(=C/c3ccc(OC)c(I)c3)c(=O)n2[C@@H]1c1ccc(OC)c(Br)c1. The molecule has 0 saturated heterocycles. The van der Waals surface area contributed by atoms with Gasteiger partial charge >= 0.3 is 5.97 Å². The Balaban J connectivity index is 1.94. The second kappa shape index (κ2) is 10.7. The van der Waals surface area contributed by atoms with Crippen molar-refractivity contribution in [1.29, 1.82) is 0 Å². The maximum atomic E-state index is 13.7. The number of allylic oxidation sites excluding steroid dienone is 1. The number of benzene rings is 2. The molecule has 0 saturated carbocycles. The fourth-order valence-electron chi connectivity index (χ4n) is 3.88. The highest BCUT2D eigenvalue weighted by molar-refractivity contribution is 14.1. The van der Waals surface area contributed by atoms with Crippen LogP contribution in [0.15, 0.2) is 61.9 Å². The van der Waals surface area contributed by atoms with E-state index >= 15 is 0 Å². The second-order valence-corrected chi connectivity index (χ2v) is 10.6. The smallest absolute Gasteiger partial charge is 0.338 e. The third-order valence-electron chi connectivity index (χ3n) is 5.48. The largest absolute Gasteiger partial charge is 0.496 e. The van der Waals surface area contributed by atoms with Gasteiger partial charge < -0.3 is 14.2 Å². The zero-order chi connectivity index (χ0) is 25.3. The lowest BCUT2D eigenvalue weighted by atomic mass is 9.96. The van der Waals surface area contributed by atoms with Gasteiger partial charge in [-0.1, -0.05) is 23.5 Å². The van der Waals surface area contributed by atoms with E-state index in [2.05, 4.69) is 43.5 Å². The Hall–Kier alpha value is -2.44. The molecule has 1 aromatic heterocycles. The van der Waals surface area contributed by atoms with Crippen LogP contribution in [0.2, 0.25) is 0 Å². The van der Waals surface area contributed by atoms with Gasteiger partial charge in [-0.15, -0.1) is 0 Å². The zero-order valence-electron chi connectivity index (χ0n) is 19.4. The van der Waals surface area contributed by atoms with Crippen LogP contribution >= 0.6 is 49.9 Å². The first-order chi connectivity index (χ1) is 16.8. The number of hydrogen-bond acceptors (Lipinski definition) is 7. The van der Waals surface area contributed by atoms with Crippen molar-refractivity contribution in [2.24, 2.45) is 4.99 Å². The lowest BCUT2D eigenvalue weighted by molar-refractivity contribution is -0.139. The molecule has 4 rings (SSSR count). The summed E-state index contributed by atoms with van der Waals surface area (Å²) in [6.45, 7) is 3.73. The number of esters is 1. The standard InChI is InChI=1S/C25H22BrIN2O5S/c1-5-34-24(31)21-13(2)28-25-29(22(21)15-7-9-18(32-3)16(26)12-15)23(30)20(35-25)11-14-6-8-19(33-4)17(27)10-14/h6-12,22H,5H2,1-4H3/b20-11+/t22-/m1/s1. The molecule has 35 heavy (non-hydrogen) atoms. The van der Waals surface area contributed by atoms with Crippen LogP contribution in [0.4, 0.5) is 0 Å². The molecule has 3 aromatic rings. The number of halogens is 2. The number of nitrogens with zero attached hydrogens (tertiary/aromatic N) is 2. The quantitative estimate of drug-likeness (QED) is 0.291. The first kappa shape index (κ1) is 25.6. The third-order valence-corrected chi connectivity index (χ3v) is 7.93. The third kappa shape index (κ3) is 4.96. The van der Waals surface area contributed by atoms with E-state index in [1.54, 1.807) is 38.7 Å². The van der Waals surface area contributed by atoms with Gasteiger partial charge in [0.25, 0.3) is 5.56 Å². The van der Waals surface area contributed by atoms with E-state index in [9.17, 15) is 9.59 Å². The number of aromatic nitrogens is 1. The van der Waals surface area contributed by atoms with Crippen molar-refractivity contribution in [2.45, 2.75) is 19.9 Å². The maximum absolute atomic E-state index is 13.7. The number of carbonyl (C=O) groups excluding carboxylic acids is 1. The Labute approximate surface area is 228 Å². The lowest BCUT2D eigenvalue weighted by Crippen LogP contribution is -2.40. The van der Waals surface area contributed by atoms with Crippen LogP contribution in [0, 0.1) is 3.57 Å². The highest BCUT2D eigenvalue weighted by atomic mass is 127. The number of ether oxygens (including phenoxy) is 3. The summed E-state index contributed by atoms with van der Waals surface area (Å²) in [5.41, 5.74) is 2.23.